The highest BCUT2D eigenvalue weighted by Gasteiger charge is 2.20. The van der Waals surface area contributed by atoms with Gasteiger partial charge in [-0.2, -0.15) is 5.10 Å². The van der Waals surface area contributed by atoms with Crippen LogP contribution in [0.4, 0.5) is 0 Å². The zero-order valence-electron chi connectivity index (χ0n) is 10.9. The van der Waals surface area contributed by atoms with Crippen LogP contribution in [0.2, 0.25) is 0 Å². The first-order valence-electron chi connectivity index (χ1n) is 6.51. The van der Waals surface area contributed by atoms with Crippen molar-refractivity contribution in [2.45, 2.75) is 31.9 Å². The minimum Gasteiger partial charge on any atom is -0.497 e. The Balaban J connectivity index is 1.79. The van der Waals surface area contributed by atoms with Crippen LogP contribution in [0.25, 0.3) is 0 Å². The summed E-state index contributed by atoms with van der Waals surface area (Å²) in [7, 11) is 1.65. The Morgan fingerprint density at radius 2 is 2.16 bits per heavy atom. The van der Waals surface area contributed by atoms with Gasteiger partial charge in [-0.15, -0.1) is 0 Å². The van der Waals surface area contributed by atoms with Crippen molar-refractivity contribution < 1.29 is 9.84 Å². The van der Waals surface area contributed by atoms with E-state index in [0.29, 0.717) is 6.42 Å². The molecule has 1 atom stereocenters. The highest BCUT2D eigenvalue weighted by atomic mass is 16.5. The summed E-state index contributed by atoms with van der Waals surface area (Å²) in [4.78, 5) is 4.50. The molecule has 1 aromatic carbocycles. The van der Waals surface area contributed by atoms with Gasteiger partial charge < -0.3 is 9.84 Å². The van der Waals surface area contributed by atoms with E-state index in [2.05, 4.69) is 10.1 Å². The number of fused-ring (bicyclic) bond motifs is 1. The highest BCUT2D eigenvalue weighted by molar-refractivity contribution is 5.28. The maximum atomic E-state index is 9.85. The third-order valence-corrected chi connectivity index (χ3v) is 3.41. The average molecular weight is 259 g/mol. The number of hydrogen-bond acceptors (Lipinski definition) is 4. The maximum absolute atomic E-state index is 9.85. The molecule has 0 bridgehead atoms. The molecule has 0 saturated carbocycles. The number of methoxy groups -OCH3 is 1. The fourth-order valence-electron chi connectivity index (χ4n) is 2.38. The molecule has 100 valence electrons. The maximum Gasteiger partial charge on any atom is 0.155 e. The zero-order chi connectivity index (χ0) is 13.2. The van der Waals surface area contributed by atoms with E-state index in [-0.39, 0.29) is 0 Å². The second-order valence-corrected chi connectivity index (χ2v) is 4.79. The number of aliphatic hydroxyl groups excluding tert-OH is 1. The van der Waals surface area contributed by atoms with Crippen molar-refractivity contribution in [2.24, 2.45) is 0 Å². The summed E-state index contributed by atoms with van der Waals surface area (Å²) in [5.41, 5.74) is 1.14. The molecule has 1 aromatic heterocycles. The number of benzene rings is 1. The van der Waals surface area contributed by atoms with Crippen molar-refractivity contribution in [3.8, 4) is 5.75 Å². The number of hydrogen-bond donors (Lipinski definition) is 1. The van der Waals surface area contributed by atoms with Crippen LogP contribution >= 0.6 is 0 Å². The Morgan fingerprint density at radius 1 is 1.37 bits per heavy atom. The number of aliphatic hydroxyl groups is 1. The molecule has 2 aromatic rings. The van der Waals surface area contributed by atoms with Gasteiger partial charge in [0.25, 0.3) is 0 Å². The molecule has 1 aliphatic heterocycles. The van der Waals surface area contributed by atoms with E-state index < -0.39 is 6.23 Å². The van der Waals surface area contributed by atoms with Crippen LogP contribution in [0.5, 0.6) is 5.75 Å². The molecule has 0 saturated heterocycles. The van der Waals surface area contributed by atoms with Crippen LogP contribution < -0.4 is 4.74 Å². The highest BCUT2D eigenvalue weighted by Crippen LogP contribution is 2.21. The minimum atomic E-state index is -0.513. The summed E-state index contributed by atoms with van der Waals surface area (Å²) in [6.07, 6.45) is 2.80. The summed E-state index contributed by atoms with van der Waals surface area (Å²) in [6, 6.07) is 7.88. The molecule has 3 rings (SSSR count). The lowest BCUT2D eigenvalue weighted by Crippen LogP contribution is -2.18. The Morgan fingerprint density at radius 3 is 2.84 bits per heavy atom. The molecule has 0 fully saturated rings. The zero-order valence-corrected chi connectivity index (χ0v) is 10.9. The van der Waals surface area contributed by atoms with Crippen LogP contribution in [0.15, 0.2) is 24.3 Å². The third kappa shape index (κ3) is 2.46. The van der Waals surface area contributed by atoms with E-state index in [1.165, 1.54) is 0 Å². The van der Waals surface area contributed by atoms with E-state index in [9.17, 15) is 5.11 Å². The molecule has 1 aliphatic rings. The van der Waals surface area contributed by atoms with E-state index >= 15 is 0 Å². The van der Waals surface area contributed by atoms with Crippen molar-refractivity contribution in [3.05, 3.63) is 41.5 Å². The van der Waals surface area contributed by atoms with Crippen molar-refractivity contribution in [3.63, 3.8) is 0 Å². The van der Waals surface area contributed by atoms with Gasteiger partial charge in [0.15, 0.2) is 5.82 Å². The molecule has 0 amide bonds. The van der Waals surface area contributed by atoms with Gasteiger partial charge in [0.2, 0.25) is 0 Å². The van der Waals surface area contributed by atoms with Crippen molar-refractivity contribution >= 4 is 0 Å². The number of aryl methyl sites for hydroxylation is 1. The summed E-state index contributed by atoms with van der Waals surface area (Å²) in [5.74, 6) is 2.50. The molecule has 0 radical (unpaired) electrons. The summed E-state index contributed by atoms with van der Waals surface area (Å²) >= 11 is 0. The smallest absolute Gasteiger partial charge is 0.155 e. The fourth-order valence-corrected chi connectivity index (χ4v) is 2.38. The van der Waals surface area contributed by atoms with Gasteiger partial charge in [-0.25, -0.2) is 9.67 Å². The summed E-state index contributed by atoms with van der Waals surface area (Å²) in [6.45, 7) is 0. The first-order valence-corrected chi connectivity index (χ1v) is 6.51. The molecule has 1 N–H and O–H groups in total. The third-order valence-electron chi connectivity index (χ3n) is 3.41. The van der Waals surface area contributed by atoms with Gasteiger partial charge in [0, 0.05) is 12.8 Å². The van der Waals surface area contributed by atoms with Crippen molar-refractivity contribution in [1.82, 2.24) is 14.8 Å². The summed E-state index contributed by atoms with van der Waals surface area (Å²) in [5, 5.41) is 14.2. The topological polar surface area (TPSA) is 60.2 Å². The first kappa shape index (κ1) is 12.2. The number of nitrogens with zero attached hydrogens (tertiary/aromatic N) is 3. The molecular weight excluding hydrogens is 242 g/mol. The number of rotatable bonds is 3. The van der Waals surface area contributed by atoms with Gasteiger partial charge >= 0.3 is 0 Å². The lowest BCUT2D eigenvalue weighted by Gasteiger charge is -2.17. The number of aromatic nitrogens is 3. The Hall–Kier alpha value is -1.88. The number of ether oxygens (including phenoxy) is 1. The minimum absolute atomic E-state index is 0.513. The Bertz CT molecular complexity index is 563. The monoisotopic (exact) mass is 259 g/mol. The van der Waals surface area contributed by atoms with Gasteiger partial charge in [-0.05, 0) is 30.5 Å². The second kappa shape index (κ2) is 5.01. The molecule has 19 heavy (non-hydrogen) atoms. The molecule has 0 spiro atoms. The Kier molecular flexibility index (Phi) is 3.21. The van der Waals surface area contributed by atoms with Crippen molar-refractivity contribution in [2.75, 3.05) is 7.11 Å². The Labute approximate surface area is 111 Å². The largest absolute Gasteiger partial charge is 0.497 e. The second-order valence-electron chi connectivity index (χ2n) is 4.79. The van der Waals surface area contributed by atoms with Gasteiger partial charge in [0.1, 0.15) is 17.8 Å². The molecule has 0 aliphatic carbocycles. The SMILES string of the molecule is COc1ccc(Cc2nc3n(n2)C(O)CCC3)cc1. The normalized spacial score (nSPS) is 18.1. The van der Waals surface area contributed by atoms with Gasteiger partial charge in [-0.1, -0.05) is 12.1 Å². The predicted octanol–water partition coefficient (Wildman–Crippen LogP) is 1.70. The lowest BCUT2D eigenvalue weighted by molar-refractivity contribution is 0.0644. The van der Waals surface area contributed by atoms with Crippen LogP contribution in [-0.2, 0) is 12.8 Å². The van der Waals surface area contributed by atoms with E-state index in [4.69, 9.17) is 4.74 Å². The standard InChI is InChI=1S/C14H17N3O2/c1-19-11-7-5-10(6-8-11)9-12-15-13-3-2-4-14(18)17(13)16-12/h5-8,14,18H,2-4,9H2,1H3. The fraction of sp³-hybridized carbons (Fsp3) is 0.429. The van der Waals surface area contributed by atoms with Crippen LogP contribution in [0.3, 0.4) is 0 Å². The van der Waals surface area contributed by atoms with E-state index in [1.54, 1.807) is 11.8 Å². The summed E-state index contributed by atoms with van der Waals surface area (Å²) < 4.78 is 6.79. The van der Waals surface area contributed by atoms with Crippen LogP contribution in [0.1, 0.15) is 36.3 Å². The first-order chi connectivity index (χ1) is 9.26. The molecule has 1 unspecified atom stereocenters. The average Bonchev–Trinajstić information content (AvgIpc) is 2.84. The molecule has 5 nitrogen and oxygen atoms in total. The van der Waals surface area contributed by atoms with Crippen LogP contribution in [-0.4, -0.2) is 27.0 Å². The van der Waals surface area contributed by atoms with Gasteiger partial charge in [0.05, 0.1) is 7.11 Å². The van der Waals surface area contributed by atoms with E-state index in [1.807, 2.05) is 24.3 Å². The predicted molar refractivity (Wildman–Crippen MR) is 70.0 cm³/mol. The van der Waals surface area contributed by atoms with Crippen LogP contribution in [0, 0.1) is 0 Å². The van der Waals surface area contributed by atoms with E-state index in [0.717, 1.165) is 42.2 Å². The quantitative estimate of drug-likeness (QED) is 0.911. The molecule has 5 heteroatoms. The van der Waals surface area contributed by atoms with Gasteiger partial charge in [-0.3, -0.25) is 0 Å². The molecule has 2 heterocycles. The lowest BCUT2D eigenvalue weighted by atomic mass is 10.1. The van der Waals surface area contributed by atoms with Crippen molar-refractivity contribution in [1.29, 1.82) is 0 Å². The molecular formula is C14H17N3O2.